The molecule has 0 fully saturated rings. The van der Waals surface area contributed by atoms with Gasteiger partial charge in [-0.25, -0.2) is 0 Å². The lowest BCUT2D eigenvalue weighted by Gasteiger charge is -1.91. The molecule has 1 rings (SSSR count). The minimum Gasteiger partial charge on any atom is -0.301 e. The minimum absolute atomic E-state index is 0.132. The van der Waals surface area contributed by atoms with E-state index >= 15 is 0 Å². The van der Waals surface area contributed by atoms with E-state index in [0.29, 0.717) is 0 Å². The second-order valence-corrected chi connectivity index (χ2v) is 5.18. The van der Waals surface area contributed by atoms with Crippen LogP contribution in [0.3, 0.4) is 0 Å². The fraction of sp³-hybridized carbons (Fsp3) is 0.333. The lowest BCUT2D eigenvalue weighted by atomic mass is 10.7. The molecule has 0 unspecified atom stereocenters. The van der Waals surface area contributed by atoms with E-state index in [1.807, 2.05) is 0 Å². The van der Waals surface area contributed by atoms with Crippen LogP contribution >= 0.6 is 11.3 Å². The predicted octanol–water partition coefficient (Wildman–Crippen LogP) is 0.276. The molecule has 0 aromatic carbocycles. The van der Waals surface area contributed by atoms with E-state index in [9.17, 15) is 13.2 Å². The number of sulfonamides is 1. The van der Waals surface area contributed by atoms with Gasteiger partial charge in [0.1, 0.15) is 0 Å². The summed E-state index contributed by atoms with van der Waals surface area (Å²) in [4.78, 5) is 10.6. The molecule has 1 heterocycles. The van der Waals surface area contributed by atoms with Crippen molar-refractivity contribution in [2.75, 3.05) is 5.32 Å². The molecule has 1 aromatic rings. The van der Waals surface area contributed by atoms with Crippen molar-refractivity contribution in [1.82, 2.24) is 10.2 Å². The highest BCUT2D eigenvalue weighted by Crippen LogP contribution is 2.21. The fourth-order valence-corrected chi connectivity index (χ4v) is 2.52. The van der Waals surface area contributed by atoms with Gasteiger partial charge in [-0.05, 0) is 6.92 Å². The number of aromatic nitrogens is 2. The zero-order valence-corrected chi connectivity index (χ0v) is 9.59. The first-order valence-corrected chi connectivity index (χ1v) is 6.07. The number of carbonyl (C=O) groups is 1. The summed E-state index contributed by atoms with van der Waals surface area (Å²) in [5.74, 6) is -0.339. The Morgan fingerprint density at radius 2 is 2.20 bits per heavy atom. The van der Waals surface area contributed by atoms with Crippen LogP contribution in [0.5, 0.6) is 0 Å². The third-order valence-corrected chi connectivity index (χ3v) is 3.68. The minimum atomic E-state index is -3.76. The van der Waals surface area contributed by atoms with Crippen molar-refractivity contribution in [3.8, 4) is 0 Å². The molecule has 1 amide bonds. The number of amides is 1. The molecule has 0 aliphatic heterocycles. The molecule has 1 N–H and O–H groups in total. The Bertz CT molecular complexity index is 490. The number of rotatable bonds is 3. The van der Waals surface area contributed by atoms with Crippen LogP contribution in [0, 0.1) is 0 Å². The molecule has 0 aliphatic carbocycles. The van der Waals surface area contributed by atoms with Crippen LogP contribution in [0.25, 0.3) is 0 Å². The number of anilines is 1. The lowest BCUT2D eigenvalue weighted by Crippen LogP contribution is -2.04. The number of hydrogen-bond acceptors (Lipinski definition) is 6. The molecule has 0 aliphatic rings. The molecule has 0 saturated carbocycles. The van der Waals surface area contributed by atoms with Crippen LogP contribution in [0.4, 0.5) is 5.13 Å². The van der Waals surface area contributed by atoms with E-state index in [-0.39, 0.29) is 15.4 Å². The van der Waals surface area contributed by atoms with E-state index in [0.717, 1.165) is 17.6 Å². The Kier molecular flexibility index (Phi) is 3.48. The largest absolute Gasteiger partial charge is 0.311 e. The Balaban J connectivity index is 2.99. The summed E-state index contributed by atoms with van der Waals surface area (Å²) in [6.45, 7) is 2.77. The van der Waals surface area contributed by atoms with Crippen molar-refractivity contribution < 1.29 is 13.2 Å². The summed E-state index contributed by atoms with van der Waals surface area (Å²) in [6.07, 6.45) is 1.15. The smallest absolute Gasteiger partial charge is 0.301 e. The second kappa shape index (κ2) is 4.45. The van der Waals surface area contributed by atoms with E-state index in [4.69, 9.17) is 0 Å². The summed E-state index contributed by atoms with van der Waals surface area (Å²) in [5, 5.41) is 9.36. The summed E-state index contributed by atoms with van der Waals surface area (Å²) >= 11 is 0.752. The predicted molar refractivity (Wildman–Crippen MR) is 55.6 cm³/mol. The van der Waals surface area contributed by atoms with Crippen molar-refractivity contribution in [1.29, 1.82) is 0 Å². The molecule has 15 heavy (non-hydrogen) atoms. The van der Waals surface area contributed by atoms with E-state index < -0.39 is 10.0 Å². The standard InChI is InChI=1S/C6H8N4O3S2/c1-3-7-15(12,13)6-10-9-5(14-6)8-4(2)11/h3H,1-2H3,(H,8,9,11). The average Bonchev–Trinajstić information content (AvgIpc) is 2.51. The lowest BCUT2D eigenvalue weighted by molar-refractivity contribution is -0.114. The van der Waals surface area contributed by atoms with E-state index in [1.165, 1.54) is 13.8 Å². The van der Waals surface area contributed by atoms with Crippen LogP contribution in [0.1, 0.15) is 13.8 Å². The number of hydrogen-bond donors (Lipinski definition) is 1. The zero-order chi connectivity index (χ0) is 11.5. The van der Waals surface area contributed by atoms with Crippen molar-refractivity contribution in [3.05, 3.63) is 0 Å². The summed E-state index contributed by atoms with van der Waals surface area (Å²) in [5.41, 5.74) is 0. The SMILES string of the molecule is CC=NS(=O)(=O)c1nnc(NC(C)=O)s1. The van der Waals surface area contributed by atoms with Crippen molar-refractivity contribution in [2.24, 2.45) is 4.40 Å². The van der Waals surface area contributed by atoms with Crippen LogP contribution in [-0.4, -0.2) is 30.7 Å². The van der Waals surface area contributed by atoms with Crippen molar-refractivity contribution in [3.63, 3.8) is 0 Å². The van der Waals surface area contributed by atoms with Gasteiger partial charge < -0.3 is 5.32 Å². The Hall–Kier alpha value is -1.35. The van der Waals surface area contributed by atoms with E-state index in [2.05, 4.69) is 19.9 Å². The van der Waals surface area contributed by atoms with Crippen LogP contribution in [0.2, 0.25) is 0 Å². The van der Waals surface area contributed by atoms with Gasteiger partial charge in [0.25, 0.3) is 4.34 Å². The maximum absolute atomic E-state index is 11.3. The Morgan fingerprint density at radius 3 is 2.73 bits per heavy atom. The molecule has 0 saturated heterocycles. The molecule has 0 bridgehead atoms. The highest BCUT2D eigenvalue weighted by molar-refractivity contribution is 7.92. The molecule has 0 spiro atoms. The normalized spacial score (nSPS) is 11.9. The first kappa shape index (κ1) is 11.7. The van der Waals surface area contributed by atoms with Gasteiger partial charge in [0, 0.05) is 13.1 Å². The molecule has 7 nitrogen and oxygen atoms in total. The molecule has 9 heteroatoms. The second-order valence-electron chi connectivity index (χ2n) is 2.39. The van der Waals surface area contributed by atoms with Crippen molar-refractivity contribution >= 4 is 38.6 Å². The highest BCUT2D eigenvalue weighted by atomic mass is 32.2. The summed E-state index contributed by atoms with van der Waals surface area (Å²) in [6, 6.07) is 0. The fourth-order valence-electron chi connectivity index (χ4n) is 0.699. The zero-order valence-electron chi connectivity index (χ0n) is 7.96. The van der Waals surface area contributed by atoms with Crippen molar-refractivity contribution in [2.45, 2.75) is 18.2 Å². The first-order chi connectivity index (χ1) is 6.95. The maximum Gasteiger partial charge on any atom is 0.311 e. The molecule has 0 atom stereocenters. The third-order valence-electron chi connectivity index (χ3n) is 1.15. The highest BCUT2D eigenvalue weighted by Gasteiger charge is 2.18. The van der Waals surface area contributed by atoms with E-state index in [1.54, 1.807) is 0 Å². The first-order valence-electron chi connectivity index (χ1n) is 3.82. The van der Waals surface area contributed by atoms with Gasteiger partial charge in [-0.1, -0.05) is 11.3 Å². The average molecular weight is 248 g/mol. The molecule has 0 radical (unpaired) electrons. The van der Waals surface area contributed by atoms with Crippen LogP contribution < -0.4 is 5.32 Å². The van der Waals surface area contributed by atoms with Gasteiger partial charge in [-0.3, -0.25) is 4.79 Å². The quantitative estimate of drug-likeness (QED) is 0.611. The van der Waals surface area contributed by atoms with Crippen LogP contribution in [0.15, 0.2) is 8.74 Å². The van der Waals surface area contributed by atoms with Gasteiger partial charge in [0.2, 0.25) is 11.0 Å². The third kappa shape index (κ3) is 3.06. The number of nitrogens with zero attached hydrogens (tertiary/aromatic N) is 3. The van der Waals surface area contributed by atoms with Gasteiger partial charge in [0.05, 0.1) is 0 Å². The van der Waals surface area contributed by atoms with Gasteiger partial charge >= 0.3 is 10.0 Å². The van der Waals surface area contributed by atoms with Gasteiger partial charge in [0.15, 0.2) is 0 Å². The number of nitrogens with one attached hydrogen (secondary N) is 1. The van der Waals surface area contributed by atoms with Gasteiger partial charge in [-0.15, -0.1) is 10.2 Å². The summed E-state index contributed by atoms with van der Waals surface area (Å²) in [7, 11) is -3.76. The molecular weight excluding hydrogens is 240 g/mol. The Labute approximate surface area is 90.3 Å². The molecule has 82 valence electrons. The molecule has 1 aromatic heterocycles. The maximum atomic E-state index is 11.3. The monoisotopic (exact) mass is 248 g/mol. The molecular formula is C6H8N4O3S2. The topological polar surface area (TPSA) is 101 Å². The summed E-state index contributed by atoms with van der Waals surface area (Å²) < 4.78 is 25.7. The Morgan fingerprint density at radius 1 is 1.53 bits per heavy atom. The van der Waals surface area contributed by atoms with Crippen LogP contribution in [-0.2, 0) is 14.8 Å². The van der Waals surface area contributed by atoms with Gasteiger partial charge in [-0.2, -0.15) is 12.8 Å². The number of carbonyl (C=O) groups excluding carboxylic acids is 1.